The summed E-state index contributed by atoms with van der Waals surface area (Å²) in [5.74, 6) is 0. The van der Waals surface area contributed by atoms with Crippen LogP contribution in [0.25, 0.3) is 0 Å². The molecule has 0 amide bonds. The van der Waals surface area contributed by atoms with Crippen LogP contribution in [0.1, 0.15) is 20.8 Å². The van der Waals surface area contributed by atoms with Crippen LogP contribution < -0.4 is 0 Å². The summed E-state index contributed by atoms with van der Waals surface area (Å²) in [5.41, 5.74) is -0.770. The Hall–Kier alpha value is -0.120. The van der Waals surface area contributed by atoms with E-state index >= 15 is 0 Å². The van der Waals surface area contributed by atoms with Crippen LogP contribution in [0.2, 0.25) is 0 Å². The second-order valence-electron chi connectivity index (χ2n) is 3.16. The van der Waals surface area contributed by atoms with Crippen molar-refractivity contribution in [1.29, 1.82) is 0 Å². The van der Waals surface area contributed by atoms with E-state index in [0.29, 0.717) is 13.2 Å². The van der Waals surface area contributed by atoms with Gasteiger partial charge in [0, 0.05) is 7.11 Å². The third kappa shape index (κ3) is 5.18. The first-order valence-electron chi connectivity index (χ1n) is 3.81. The van der Waals surface area contributed by atoms with Crippen molar-refractivity contribution < 1.29 is 14.6 Å². The standard InChI is InChI=1S/C8H18O3/c1-7(8(2,3)9)11-6-5-10-4/h7,9H,5-6H2,1-4H3. The molecule has 68 valence electrons. The van der Waals surface area contributed by atoms with Crippen LogP contribution in [-0.4, -0.2) is 37.1 Å². The maximum atomic E-state index is 9.42. The van der Waals surface area contributed by atoms with Gasteiger partial charge in [0.05, 0.1) is 24.9 Å². The lowest BCUT2D eigenvalue weighted by Gasteiger charge is -2.25. The summed E-state index contributed by atoms with van der Waals surface area (Å²) < 4.78 is 10.1. The molecule has 0 aromatic rings. The van der Waals surface area contributed by atoms with Gasteiger partial charge in [0.15, 0.2) is 0 Å². The van der Waals surface area contributed by atoms with Crippen LogP contribution >= 0.6 is 0 Å². The van der Waals surface area contributed by atoms with Crippen molar-refractivity contribution in [3.8, 4) is 0 Å². The zero-order valence-electron chi connectivity index (χ0n) is 7.76. The van der Waals surface area contributed by atoms with Gasteiger partial charge in [-0.05, 0) is 20.8 Å². The molecule has 0 saturated heterocycles. The van der Waals surface area contributed by atoms with Gasteiger partial charge in [0.25, 0.3) is 0 Å². The highest BCUT2D eigenvalue weighted by atomic mass is 16.5. The Morgan fingerprint density at radius 3 is 2.27 bits per heavy atom. The molecule has 0 aromatic carbocycles. The normalized spacial score (nSPS) is 15.0. The van der Waals surface area contributed by atoms with Crippen LogP contribution in [0.15, 0.2) is 0 Å². The zero-order chi connectivity index (χ0) is 8.91. The molecule has 1 N–H and O–H groups in total. The van der Waals surface area contributed by atoms with Crippen LogP contribution in [0.5, 0.6) is 0 Å². The summed E-state index contributed by atoms with van der Waals surface area (Å²) in [6.07, 6.45) is -0.155. The van der Waals surface area contributed by atoms with Gasteiger partial charge >= 0.3 is 0 Å². The minimum absolute atomic E-state index is 0.155. The van der Waals surface area contributed by atoms with E-state index in [-0.39, 0.29) is 6.10 Å². The van der Waals surface area contributed by atoms with E-state index in [1.807, 2.05) is 6.92 Å². The number of aliphatic hydroxyl groups is 1. The summed E-state index contributed by atoms with van der Waals surface area (Å²) >= 11 is 0. The monoisotopic (exact) mass is 162 g/mol. The largest absolute Gasteiger partial charge is 0.388 e. The lowest BCUT2D eigenvalue weighted by atomic mass is 10.0. The van der Waals surface area contributed by atoms with E-state index in [1.54, 1.807) is 21.0 Å². The predicted molar refractivity (Wildman–Crippen MR) is 43.6 cm³/mol. The molecule has 11 heavy (non-hydrogen) atoms. The molecule has 0 aliphatic rings. The van der Waals surface area contributed by atoms with Crippen molar-refractivity contribution in [2.24, 2.45) is 0 Å². The second kappa shape index (κ2) is 4.70. The van der Waals surface area contributed by atoms with E-state index in [2.05, 4.69) is 0 Å². The van der Waals surface area contributed by atoms with Crippen molar-refractivity contribution in [3.63, 3.8) is 0 Å². The molecule has 0 bridgehead atoms. The lowest BCUT2D eigenvalue weighted by Crippen LogP contribution is -2.36. The third-order valence-electron chi connectivity index (χ3n) is 1.65. The zero-order valence-corrected chi connectivity index (χ0v) is 7.76. The Bertz CT molecular complexity index is 96.0. The van der Waals surface area contributed by atoms with E-state index in [0.717, 1.165) is 0 Å². The Kier molecular flexibility index (Phi) is 4.65. The molecule has 1 atom stereocenters. The predicted octanol–water partition coefficient (Wildman–Crippen LogP) is 0.809. The van der Waals surface area contributed by atoms with Gasteiger partial charge in [-0.1, -0.05) is 0 Å². The van der Waals surface area contributed by atoms with Crippen LogP contribution in [0.3, 0.4) is 0 Å². The molecule has 0 fully saturated rings. The molecular formula is C8H18O3. The molecule has 3 heteroatoms. The Labute approximate surface area is 68.3 Å². The Balaban J connectivity index is 3.44. The van der Waals surface area contributed by atoms with Crippen molar-refractivity contribution in [2.45, 2.75) is 32.5 Å². The number of hydrogen-bond donors (Lipinski definition) is 1. The van der Waals surface area contributed by atoms with Gasteiger partial charge in [-0.15, -0.1) is 0 Å². The maximum Gasteiger partial charge on any atom is 0.0849 e. The molecule has 0 heterocycles. The van der Waals surface area contributed by atoms with Crippen LogP contribution in [-0.2, 0) is 9.47 Å². The Morgan fingerprint density at radius 1 is 1.36 bits per heavy atom. The van der Waals surface area contributed by atoms with Crippen molar-refractivity contribution in [3.05, 3.63) is 0 Å². The quantitative estimate of drug-likeness (QED) is 0.608. The van der Waals surface area contributed by atoms with Crippen molar-refractivity contribution >= 4 is 0 Å². The molecule has 0 saturated carbocycles. The van der Waals surface area contributed by atoms with E-state index in [9.17, 15) is 5.11 Å². The fourth-order valence-corrected chi connectivity index (χ4v) is 0.512. The second-order valence-corrected chi connectivity index (χ2v) is 3.16. The highest BCUT2D eigenvalue weighted by molar-refractivity contribution is 4.73. The molecule has 0 aliphatic carbocycles. The van der Waals surface area contributed by atoms with Gasteiger partial charge in [0.2, 0.25) is 0 Å². The topological polar surface area (TPSA) is 38.7 Å². The summed E-state index contributed by atoms with van der Waals surface area (Å²) in [6.45, 7) is 6.40. The van der Waals surface area contributed by atoms with Gasteiger partial charge in [-0.3, -0.25) is 0 Å². The van der Waals surface area contributed by atoms with Crippen LogP contribution in [0, 0.1) is 0 Å². The van der Waals surface area contributed by atoms with Gasteiger partial charge in [-0.2, -0.15) is 0 Å². The molecule has 0 radical (unpaired) electrons. The number of rotatable bonds is 5. The van der Waals surface area contributed by atoms with Crippen LogP contribution in [0.4, 0.5) is 0 Å². The first kappa shape index (κ1) is 10.9. The number of hydrogen-bond acceptors (Lipinski definition) is 3. The first-order valence-corrected chi connectivity index (χ1v) is 3.81. The lowest BCUT2D eigenvalue weighted by molar-refractivity contribution is -0.0872. The van der Waals surface area contributed by atoms with Crippen molar-refractivity contribution in [1.82, 2.24) is 0 Å². The molecule has 0 aliphatic heterocycles. The molecule has 0 rings (SSSR count). The summed E-state index contributed by atoms with van der Waals surface area (Å²) in [4.78, 5) is 0. The third-order valence-corrected chi connectivity index (χ3v) is 1.65. The number of methoxy groups -OCH3 is 1. The molecule has 0 aromatic heterocycles. The number of ether oxygens (including phenoxy) is 2. The Morgan fingerprint density at radius 2 is 1.91 bits per heavy atom. The molecule has 0 spiro atoms. The molecule has 3 nitrogen and oxygen atoms in total. The highest BCUT2D eigenvalue weighted by Crippen LogP contribution is 2.10. The van der Waals surface area contributed by atoms with Crippen molar-refractivity contribution in [2.75, 3.05) is 20.3 Å². The first-order chi connectivity index (χ1) is 4.98. The maximum absolute atomic E-state index is 9.42. The van der Waals surface area contributed by atoms with Gasteiger partial charge in [0.1, 0.15) is 0 Å². The average Bonchev–Trinajstić information content (AvgIpc) is 1.86. The minimum Gasteiger partial charge on any atom is -0.388 e. The molecular weight excluding hydrogens is 144 g/mol. The van der Waals surface area contributed by atoms with Gasteiger partial charge in [-0.25, -0.2) is 0 Å². The summed E-state index contributed by atoms with van der Waals surface area (Å²) in [6, 6.07) is 0. The van der Waals surface area contributed by atoms with Gasteiger partial charge < -0.3 is 14.6 Å². The fourth-order valence-electron chi connectivity index (χ4n) is 0.512. The summed E-state index contributed by atoms with van der Waals surface area (Å²) in [7, 11) is 1.62. The van der Waals surface area contributed by atoms with E-state index < -0.39 is 5.60 Å². The SMILES string of the molecule is COCCOC(C)C(C)(C)O. The minimum atomic E-state index is -0.770. The summed E-state index contributed by atoms with van der Waals surface area (Å²) in [5, 5.41) is 9.42. The van der Waals surface area contributed by atoms with E-state index in [1.165, 1.54) is 0 Å². The smallest absolute Gasteiger partial charge is 0.0849 e. The average molecular weight is 162 g/mol. The highest BCUT2D eigenvalue weighted by Gasteiger charge is 2.22. The van der Waals surface area contributed by atoms with E-state index in [4.69, 9.17) is 9.47 Å². The fraction of sp³-hybridized carbons (Fsp3) is 1.00. The molecule has 1 unspecified atom stereocenters.